The molecule has 0 bridgehead atoms. The molecule has 5 heteroatoms. The molecule has 1 saturated carbocycles. The maximum Gasteiger partial charge on any atom is 0.191 e. The summed E-state index contributed by atoms with van der Waals surface area (Å²) in [4.78, 5) is 12.6. The summed E-state index contributed by atoms with van der Waals surface area (Å²) in [5.74, 6) is 1.53. The van der Waals surface area contributed by atoms with Crippen molar-refractivity contribution in [2.24, 2.45) is 0 Å². The molecule has 0 spiro atoms. The molecule has 1 fully saturated rings. The number of carbonyl (C=O) groups excluding carboxylic acids is 1. The number of carbonyl (C=O) groups is 1. The van der Waals surface area contributed by atoms with Crippen LogP contribution in [0.5, 0.6) is 0 Å². The smallest absolute Gasteiger partial charge is 0.191 e. The van der Waals surface area contributed by atoms with Crippen LogP contribution in [0.15, 0.2) is 59.8 Å². The maximum atomic E-state index is 12.6. The van der Waals surface area contributed by atoms with Gasteiger partial charge in [0, 0.05) is 18.0 Å². The number of ketones is 1. The fraction of sp³-hybridized carbons (Fsp3) is 0.375. The molecule has 3 aromatic rings. The molecule has 0 amide bonds. The van der Waals surface area contributed by atoms with E-state index in [9.17, 15) is 4.79 Å². The molecule has 0 aliphatic heterocycles. The third-order valence-corrected chi connectivity index (χ3v) is 6.53. The Morgan fingerprint density at radius 2 is 1.72 bits per heavy atom. The minimum Gasteiger partial charge on any atom is -0.303 e. The van der Waals surface area contributed by atoms with Gasteiger partial charge in [-0.05, 0) is 25.3 Å². The van der Waals surface area contributed by atoms with E-state index in [1.54, 1.807) is 0 Å². The summed E-state index contributed by atoms with van der Waals surface area (Å²) in [7, 11) is 0. The van der Waals surface area contributed by atoms with Crippen molar-refractivity contribution in [3.8, 4) is 0 Å². The Kier molecular flexibility index (Phi) is 6.45. The molecule has 4 rings (SSSR count). The Hall–Kier alpha value is -2.40. The van der Waals surface area contributed by atoms with Gasteiger partial charge < -0.3 is 4.57 Å². The van der Waals surface area contributed by atoms with Gasteiger partial charge in [-0.15, -0.1) is 10.2 Å². The van der Waals surface area contributed by atoms with Gasteiger partial charge in [-0.25, -0.2) is 0 Å². The molecule has 150 valence electrons. The number of aromatic nitrogens is 3. The summed E-state index contributed by atoms with van der Waals surface area (Å²) >= 11 is 1.52. The van der Waals surface area contributed by atoms with Crippen molar-refractivity contribution in [1.29, 1.82) is 0 Å². The topological polar surface area (TPSA) is 47.8 Å². The highest BCUT2D eigenvalue weighted by Crippen LogP contribution is 2.33. The molecular formula is C24H27N3OS. The lowest BCUT2D eigenvalue weighted by molar-refractivity contribution is 0.102. The Labute approximate surface area is 176 Å². The molecule has 1 aliphatic rings. The van der Waals surface area contributed by atoms with Gasteiger partial charge in [0.2, 0.25) is 0 Å². The number of hydrogen-bond donors (Lipinski definition) is 0. The van der Waals surface area contributed by atoms with E-state index in [4.69, 9.17) is 0 Å². The van der Waals surface area contributed by atoms with Crippen LogP contribution in [0, 0.1) is 6.92 Å². The summed E-state index contributed by atoms with van der Waals surface area (Å²) in [6.07, 6.45) is 6.91. The van der Waals surface area contributed by atoms with Crippen molar-refractivity contribution in [2.75, 3.05) is 5.75 Å². The van der Waals surface area contributed by atoms with E-state index in [1.165, 1.54) is 49.4 Å². The highest BCUT2D eigenvalue weighted by atomic mass is 32.2. The average Bonchev–Trinajstić information content (AvgIpc) is 3.16. The van der Waals surface area contributed by atoms with E-state index < -0.39 is 0 Å². The summed E-state index contributed by atoms with van der Waals surface area (Å²) in [5.41, 5.74) is 3.16. The van der Waals surface area contributed by atoms with Crippen LogP contribution in [0.2, 0.25) is 0 Å². The van der Waals surface area contributed by atoms with Crippen molar-refractivity contribution in [3.05, 3.63) is 77.1 Å². The largest absolute Gasteiger partial charge is 0.303 e. The van der Waals surface area contributed by atoms with Gasteiger partial charge in [-0.2, -0.15) is 0 Å². The fourth-order valence-corrected chi connectivity index (χ4v) is 4.88. The number of rotatable bonds is 7. The molecule has 1 heterocycles. The van der Waals surface area contributed by atoms with Gasteiger partial charge in [0.1, 0.15) is 5.82 Å². The highest BCUT2D eigenvalue weighted by Gasteiger charge is 2.23. The number of nitrogens with zero attached hydrogens (tertiary/aromatic N) is 3. The van der Waals surface area contributed by atoms with Crippen molar-refractivity contribution >= 4 is 17.5 Å². The Morgan fingerprint density at radius 3 is 2.45 bits per heavy atom. The van der Waals surface area contributed by atoms with Gasteiger partial charge in [-0.1, -0.05) is 91.2 Å². The molecule has 4 nitrogen and oxygen atoms in total. The van der Waals surface area contributed by atoms with Gasteiger partial charge in [0.25, 0.3) is 0 Å². The molecule has 0 radical (unpaired) electrons. The number of aryl methyl sites for hydroxylation is 1. The van der Waals surface area contributed by atoms with E-state index in [0.29, 0.717) is 11.8 Å². The standard InChI is InChI=1S/C24H27N3OS/c1-18-12-14-20(15-13-18)22(28)17-29-24-26-25-23(16-19-8-4-2-5-9-19)27(24)21-10-6-3-7-11-21/h2,4-5,8-9,12-15,21H,3,6-7,10-11,16-17H2,1H3. The fourth-order valence-electron chi connectivity index (χ4n) is 3.96. The first-order valence-corrected chi connectivity index (χ1v) is 11.4. The molecule has 29 heavy (non-hydrogen) atoms. The Bertz CT molecular complexity index is 944. The molecule has 0 unspecified atom stereocenters. The summed E-state index contributed by atoms with van der Waals surface area (Å²) in [6.45, 7) is 2.03. The summed E-state index contributed by atoms with van der Waals surface area (Å²) in [5, 5.41) is 9.90. The van der Waals surface area contributed by atoms with Crippen LogP contribution < -0.4 is 0 Å². The van der Waals surface area contributed by atoms with Crippen LogP contribution in [-0.4, -0.2) is 26.3 Å². The van der Waals surface area contributed by atoms with Crippen molar-refractivity contribution in [3.63, 3.8) is 0 Å². The first-order valence-electron chi connectivity index (χ1n) is 10.4. The zero-order valence-electron chi connectivity index (χ0n) is 16.9. The lowest BCUT2D eigenvalue weighted by Crippen LogP contribution is -2.17. The van der Waals surface area contributed by atoms with Crippen molar-refractivity contribution in [2.45, 2.75) is 56.6 Å². The first kappa shape index (κ1) is 19.9. The minimum absolute atomic E-state index is 0.137. The molecule has 2 aromatic carbocycles. The van der Waals surface area contributed by atoms with Crippen molar-refractivity contribution < 1.29 is 4.79 Å². The van der Waals surface area contributed by atoms with Gasteiger partial charge >= 0.3 is 0 Å². The van der Waals surface area contributed by atoms with Crippen LogP contribution in [0.4, 0.5) is 0 Å². The van der Waals surface area contributed by atoms with Gasteiger partial charge in [0.05, 0.1) is 5.75 Å². The minimum atomic E-state index is 0.137. The number of benzene rings is 2. The quantitative estimate of drug-likeness (QED) is 0.376. The third-order valence-electron chi connectivity index (χ3n) is 5.59. The zero-order valence-corrected chi connectivity index (χ0v) is 17.7. The Morgan fingerprint density at radius 1 is 1.00 bits per heavy atom. The van der Waals surface area contributed by atoms with E-state index in [0.717, 1.165) is 28.5 Å². The second-order valence-corrected chi connectivity index (χ2v) is 8.74. The summed E-state index contributed by atoms with van der Waals surface area (Å²) in [6, 6.07) is 18.7. The van der Waals surface area contributed by atoms with Crippen LogP contribution in [-0.2, 0) is 6.42 Å². The van der Waals surface area contributed by atoms with Crippen LogP contribution in [0.3, 0.4) is 0 Å². The van der Waals surface area contributed by atoms with Crippen LogP contribution in [0.1, 0.15) is 65.5 Å². The van der Waals surface area contributed by atoms with E-state index >= 15 is 0 Å². The normalized spacial score (nSPS) is 14.8. The van der Waals surface area contributed by atoms with Crippen LogP contribution >= 0.6 is 11.8 Å². The number of Topliss-reactive ketones (excluding diaryl/α,β-unsaturated/α-hetero) is 1. The van der Waals surface area contributed by atoms with E-state index in [2.05, 4.69) is 39.0 Å². The lowest BCUT2D eigenvalue weighted by atomic mass is 9.95. The molecule has 0 N–H and O–H groups in total. The third kappa shape index (κ3) is 4.96. The van der Waals surface area contributed by atoms with Crippen molar-refractivity contribution in [1.82, 2.24) is 14.8 Å². The number of thioether (sulfide) groups is 1. The molecule has 1 aromatic heterocycles. The van der Waals surface area contributed by atoms with Gasteiger partial charge in [-0.3, -0.25) is 4.79 Å². The first-order chi connectivity index (χ1) is 14.2. The number of hydrogen-bond acceptors (Lipinski definition) is 4. The van der Waals surface area contributed by atoms with Crippen LogP contribution in [0.25, 0.3) is 0 Å². The predicted octanol–water partition coefficient (Wildman–Crippen LogP) is 5.66. The molecule has 0 atom stereocenters. The molecule has 0 saturated heterocycles. The Balaban J connectivity index is 1.53. The molecular weight excluding hydrogens is 378 g/mol. The van der Waals surface area contributed by atoms with E-state index in [-0.39, 0.29) is 5.78 Å². The SMILES string of the molecule is Cc1ccc(C(=O)CSc2nnc(Cc3ccccc3)n2C2CCCCC2)cc1. The monoisotopic (exact) mass is 405 g/mol. The highest BCUT2D eigenvalue weighted by molar-refractivity contribution is 7.99. The van der Waals surface area contributed by atoms with Gasteiger partial charge in [0.15, 0.2) is 10.9 Å². The molecule has 1 aliphatic carbocycles. The second kappa shape index (κ2) is 9.40. The predicted molar refractivity (Wildman–Crippen MR) is 118 cm³/mol. The lowest BCUT2D eigenvalue weighted by Gasteiger charge is -2.25. The zero-order chi connectivity index (χ0) is 20.1. The average molecular weight is 406 g/mol. The summed E-state index contributed by atoms with van der Waals surface area (Å²) < 4.78 is 2.32. The maximum absolute atomic E-state index is 12.6. The second-order valence-electron chi connectivity index (χ2n) is 7.80. The van der Waals surface area contributed by atoms with E-state index in [1.807, 2.05) is 37.3 Å².